The van der Waals surface area contributed by atoms with Gasteiger partial charge in [-0.3, -0.25) is 9.59 Å². The molecule has 1 rings (SSSR count). The summed E-state index contributed by atoms with van der Waals surface area (Å²) in [6.07, 6.45) is 0. The zero-order valence-corrected chi connectivity index (χ0v) is 11.0. The Labute approximate surface area is 105 Å². The van der Waals surface area contributed by atoms with Gasteiger partial charge in [-0.15, -0.1) is 0 Å². The van der Waals surface area contributed by atoms with Crippen LogP contribution < -0.4 is 5.32 Å². The fraction of sp³-hybridized carbons (Fsp3) is 0.583. The molecule has 0 fully saturated rings. The van der Waals surface area contributed by atoms with E-state index in [0.29, 0.717) is 11.5 Å². The second-order valence-corrected chi connectivity index (χ2v) is 5.29. The highest BCUT2D eigenvalue weighted by Crippen LogP contribution is 2.26. The van der Waals surface area contributed by atoms with Crippen LogP contribution in [0.25, 0.3) is 0 Å². The van der Waals surface area contributed by atoms with Crippen LogP contribution in [0.2, 0.25) is 0 Å². The average Bonchev–Trinajstić information content (AvgIpc) is 2.58. The molecule has 6 heteroatoms. The normalized spacial score (nSPS) is 13.1. The van der Waals surface area contributed by atoms with Gasteiger partial charge in [-0.1, -0.05) is 25.9 Å². The van der Waals surface area contributed by atoms with Crippen molar-refractivity contribution in [2.45, 2.75) is 34.2 Å². The van der Waals surface area contributed by atoms with Crippen LogP contribution in [-0.4, -0.2) is 22.1 Å². The van der Waals surface area contributed by atoms with Crippen molar-refractivity contribution in [2.24, 2.45) is 11.3 Å². The van der Waals surface area contributed by atoms with Crippen molar-refractivity contribution in [1.29, 1.82) is 0 Å². The third-order valence-electron chi connectivity index (χ3n) is 2.49. The second-order valence-electron chi connectivity index (χ2n) is 5.29. The molecule has 0 aliphatic heterocycles. The number of aromatic nitrogens is 1. The van der Waals surface area contributed by atoms with Crippen LogP contribution in [-0.2, 0) is 16.1 Å². The summed E-state index contributed by atoms with van der Waals surface area (Å²) < 4.78 is 4.93. The molecule has 0 saturated carbocycles. The lowest BCUT2D eigenvalue weighted by atomic mass is 9.80. The molecule has 0 spiro atoms. The zero-order chi connectivity index (χ0) is 13.9. The number of carbonyl (C=O) groups is 2. The number of nitrogens with one attached hydrogen (secondary N) is 1. The summed E-state index contributed by atoms with van der Waals surface area (Å²) in [7, 11) is 0. The Morgan fingerprint density at radius 3 is 2.50 bits per heavy atom. The van der Waals surface area contributed by atoms with Crippen molar-refractivity contribution < 1.29 is 19.2 Å². The molecule has 1 unspecified atom stereocenters. The number of aryl methyl sites for hydroxylation is 1. The van der Waals surface area contributed by atoms with Crippen LogP contribution >= 0.6 is 0 Å². The van der Waals surface area contributed by atoms with E-state index >= 15 is 0 Å². The maximum absolute atomic E-state index is 11.9. The maximum atomic E-state index is 11.9. The Morgan fingerprint density at radius 2 is 2.11 bits per heavy atom. The van der Waals surface area contributed by atoms with Gasteiger partial charge in [0.25, 0.3) is 0 Å². The Balaban J connectivity index is 2.66. The van der Waals surface area contributed by atoms with Gasteiger partial charge in [0.1, 0.15) is 5.92 Å². The molecule has 0 saturated heterocycles. The molecule has 1 atom stereocenters. The van der Waals surface area contributed by atoms with Crippen LogP contribution in [0, 0.1) is 18.3 Å². The van der Waals surface area contributed by atoms with Crippen molar-refractivity contribution >= 4 is 11.9 Å². The highest BCUT2D eigenvalue weighted by molar-refractivity contribution is 5.97. The highest BCUT2D eigenvalue weighted by atomic mass is 16.5. The molecule has 18 heavy (non-hydrogen) atoms. The Hall–Kier alpha value is -1.85. The number of carboxylic acids is 1. The molecule has 0 radical (unpaired) electrons. The van der Waals surface area contributed by atoms with Crippen LogP contribution in [0.15, 0.2) is 10.6 Å². The Morgan fingerprint density at radius 1 is 1.50 bits per heavy atom. The van der Waals surface area contributed by atoms with Gasteiger partial charge in [0.05, 0.1) is 12.2 Å². The fourth-order valence-corrected chi connectivity index (χ4v) is 1.65. The van der Waals surface area contributed by atoms with E-state index < -0.39 is 23.2 Å². The summed E-state index contributed by atoms with van der Waals surface area (Å²) in [5, 5.41) is 15.3. The van der Waals surface area contributed by atoms with Gasteiger partial charge < -0.3 is 14.9 Å². The van der Waals surface area contributed by atoms with Gasteiger partial charge in [0, 0.05) is 6.07 Å². The fourth-order valence-electron chi connectivity index (χ4n) is 1.65. The molecule has 0 bridgehead atoms. The molecule has 100 valence electrons. The number of nitrogens with zero attached hydrogens (tertiary/aromatic N) is 1. The lowest BCUT2D eigenvalue weighted by Gasteiger charge is -2.25. The lowest BCUT2D eigenvalue weighted by Crippen LogP contribution is -2.42. The predicted molar refractivity (Wildman–Crippen MR) is 63.7 cm³/mol. The van der Waals surface area contributed by atoms with E-state index in [4.69, 9.17) is 9.63 Å². The first-order valence-corrected chi connectivity index (χ1v) is 5.64. The van der Waals surface area contributed by atoms with Crippen molar-refractivity contribution in [3.05, 3.63) is 17.5 Å². The van der Waals surface area contributed by atoms with E-state index in [-0.39, 0.29) is 6.54 Å². The molecule has 1 aromatic rings. The average molecular weight is 254 g/mol. The van der Waals surface area contributed by atoms with E-state index in [1.54, 1.807) is 33.8 Å². The standard InChI is InChI=1S/C12H18N2O4/c1-7-5-8(18-14-7)6-13-10(15)9(11(16)17)12(2,3)4/h5,9H,6H2,1-4H3,(H,13,15)(H,16,17). The topological polar surface area (TPSA) is 92.4 Å². The number of rotatable bonds is 4. The molecule has 1 heterocycles. The van der Waals surface area contributed by atoms with Gasteiger partial charge >= 0.3 is 5.97 Å². The number of amides is 1. The van der Waals surface area contributed by atoms with Crippen molar-refractivity contribution in [1.82, 2.24) is 10.5 Å². The molecule has 1 aromatic heterocycles. The summed E-state index contributed by atoms with van der Waals surface area (Å²) >= 11 is 0. The van der Waals surface area contributed by atoms with E-state index in [9.17, 15) is 9.59 Å². The minimum Gasteiger partial charge on any atom is -0.481 e. The van der Waals surface area contributed by atoms with Crippen molar-refractivity contribution in [3.8, 4) is 0 Å². The number of hydrogen-bond donors (Lipinski definition) is 2. The summed E-state index contributed by atoms with van der Waals surface area (Å²) in [6, 6.07) is 1.69. The van der Waals surface area contributed by atoms with Crippen LogP contribution in [0.3, 0.4) is 0 Å². The smallest absolute Gasteiger partial charge is 0.316 e. The molecule has 0 aliphatic rings. The predicted octanol–water partition coefficient (Wildman–Crippen LogP) is 1.35. The molecule has 1 amide bonds. The van der Waals surface area contributed by atoms with Gasteiger partial charge in [0.2, 0.25) is 5.91 Å². The molecule has 0 aromatic carbocycles. The maximum Gasteiger partial charge on any atom is 0.316 e. The third-order valence-corrected chi connectivity index (χ3v) is 2.49. The molecule has 2 N–H and O–H groups in total. The molecule has 0 aliphatic carbocycles. The summed E-state index contributed by atoms with van der Waals surface area (Å²) in [5.41, 5.74) is 0.0672. The van der Waals surface area contributed by atoms with E-state index in [2.05, 4.69) is 10.5 Å². The largest absolute Gasteiger partial charge is 0.481 e. The number of hydrogen-bond acceptors (Lipinski definition) is 4. The number of aliphatic carboxylic acids is 1. The van der Waals surface area contributed by atoms with Crippen LogP contribution in [0.1, 0.15) is 32.2 Å². The first-order chi connectivity index (χ1) is 8.21. The minimum atomic E-state index is -1.13. The van der Waals surface area contributed by atoms with Crippen molar-refractivity contribution in [2.75, 3.05) is 0 Å². The second kappa shape index (κ2) is 5.20. The Kier molecular flexibility index (Phi) is 4.11. The first-order valence-electron chi connectivity index (χ1n) is 5.64. The summed E-state index contributed by atoms with van der Waals surface area (Å²) in [4.78, 5) is 23.0. The first kappa shape index (κ1) is 14.2. The zero-order valence-electron chi connectivity index (χ0n) is 11.0. The van der Waals surface area contributed by atoms with Crippen molar-refractivity contribution in [3.63, 3.8) is 0 Å². The Bertz CT molecular complexity index is 445. The van der Waals surface area contributed by atoms with Gasteiger partial charge in [-0.05, 0) is 12.3 Å². The lowest BCUT2D eigenvalue weighted by molar-refractivity contribution is -0.151. The highest BCUT2D eigenvalue weighted by Gasteiger charge is 2.37. The SMILES string of the molecule is Cc1cc(CNC(=O)C(C(=O)O)C(C)(C)C)on1. The quantitative estimate of drug-likeness (QED) is 0.791. The number of carbonyl (C=O) groups excluding carboxylic acids is 1. The van der Waals surface area contributed by atoms with E-state index in [1.165, 1.54) is 0 Å². The van der Waals surface area contributed by atoms with E-state index in [1.807, 2.05) is 0 Å². The molecule has 6 nitrogen and oxygen atoms in total. The molecular weight excluding hydrogens is 236 g/mol. The van der Waals surface area contributed by atoms with Crippen LogP contribution in [0.5, 0.6) is 0 Å². The van der Waals surface area contributed by atoms with Gasteiger partial charge in [-0.25, -0.2) is 0 Å². The minimum absolute atomic E-state index is 0.138. The summed E-state index contributed by atoms with van der Waals surface area (Å²) in [6.45, 7) is 7.04. The van der Waals surface area contributed by atoms with Gasteiger partial charge in [-0.2, -0.15) is 0 Å². The van der Waals surface area contributed by atoms with Crippen LogP contribution in [0.4, 0.5) is 0 Å². The molecular formula is C12H18N2O4. The third kappa shape index (κ3) is 3.58. The number of carboxylic acid groups (broad SMARTS) is 1. The van der Waals surface area contributed by atoms with E-state index in [0.717, 1.165) is 0 Å². The monoisotopic (exact) mass is 254 g/mol. The van der Waals surface area contributed by atoms with Gasteiger partial charge in [0.15, 0.2) is 5.76 Å². The summed E-state index contributed by atoms with van der Waals surface area (Å²) in [5.74, 6) is -2.25.